The van der Waals surface area contributed by atoms with Gasteiger partial charge < -0.3 is 34.8 Å². The summed E-state index contributed by atoms with van der Waals surface area (Å²) in [5.41, 5.74) is 1.24. The van der Waals surface area contributed by atoms with Crippen molar-refractivity contribution in [2.45, 2.75) is 68.6 Å². The molecule has 0 saturated carbocycles. The van der Waals surface area contributed by atoms with E-state index in [0.29, 0.717) is 12.2 Å². The molecule has 42 heavy (non-hydrogen) atoms. The molecule has 0 bridgehead atoms. The van der Waals surface area contributed by atoms with Crippen LogP contribution in [-0.2, 0) is 30.7 Å². The number of alkyl carbamates (subject to hydrolysis) is 1. The molecule has 0 aromatic heterocycles. The second-order valence-corrected chi connectivity index (χ2v) is 13.0. The highest BCUT2D eigenvalue weighted by Gasteiger charge is 2.44. The van der Waals surface area contributed by atoms with Gasteiger partial charge >= 0.3 is 6.09 Å². The van der Waals surface area contributed by atoms with Gasteiger partial charge in [0.15, 0.2) is 6.29 Å². The van der Waals surface area contributed by atoms with Crippen molar-refractivity contribution in [3.8, 4) is 0 Å². The van der Waals surface area contributed by atoms with Crippen molar-refractivity contribution in [1.82, 2.24) is 9.62 Å². The quantitative estimate of drug-likeness (QED) is 0.253. The fourth-order valence-corrected chi connectivity index (χ4v) is 6.80. The van der Waals surface area contributed by atoms with Gasteiger partial charge in [0.1, 0.15) is 12.2 Å². The Kier molecular flexibility index (Phi) is 11.3. The second-order valence-electron chi connectivity index (χ2n) is 11.1. The summed E-state index contributed by atoms with van der Waals surface area (Å²) in [6.45, 7) is 4.05. The van der Waals surface area contributed by atoms with Crippen molar-refractivity contribution >= 4 is 16.1 Å². The lowest BCUT2D eigenvalue weighted by atomic mass is 10.0. The summed E-state index contributed by atoms with van der Waals surface area (Å²) >= 11 is 0. The molecule has 1 amide bonds. The monoisotopic (exact) mass is 606 g/mol. The lowest BCUT2D eigenvalue weighted by Gasteiger charge is -2.31. The van der Waals surface area contributed by atoms with E-state index in [1.165, 1.54) is 28.6 Å². The minimum atomic E-state index is -4.06. The number of ether oxygens (including phenoxy) is 3. The molecular weight excluding hydrogens is 564 g/mol. The van der Waals surface area contributed by atoms with Crippen LogP contribution in [0.5, 0.6) is 0 Å². The number of carbonyl (C=O) groups excluding carboxylic acids is 1. The molecule has 0 aliphatic carbocycles. The minimum Gasteiger partial charge on any atom is -0.443 e. The number of sulfonamides is 1. The average Bonchev–Trinajstić information content (AvgIpc) is 3.61. The third-order valence-corrected chi connectivity index (χ3v) is 9.83. The van der Waals surface area contributed by atoms with Gasteiger partial charge in [-0.3, -0.25) is 0 Å². The topological polar surface area (TPSA) is 155 Å². The van der Waals surface area contributed by atoms with Gasteiger partial charge in [-0.15, -0.1) is 0 Å². The van der Waals surface area contributed by atoms with E-state index in [2.05, 4.69) is 5.32 Å². The first-order valence-electron chi connectivity index (χ1n) is 14.4. The molecule has 2 aromatic rings. The molecule has 232 valence electrons. The molecule has 0 spiro atoms. The number of aliphatic hydroxyl groups is 3. The Labute approximate surface area is 247 Å². The van der Waals surface area contributed by atoms with Gasteiger partial charge in [-0.1, -0.05) is 62.7 Å². The van der Waals surface area contributed by atoms with Crippen LogP contribution >= 0.6 is 0 Å². The molecule has 2 fully saturated rings. The average molecular weight is 607 g/mol. The van der Waals surface area contributed by atoms with Crippen LogP contribution in [0.1, 0.15) is 43.9 Å². The molecule has 7 atom stereocenters. The zero-order valence-corrected chi connectivity index (χ0v) is 24.9. The van der Waals surface area contributed by atoms with E-state index >= 15 is 0 Å². The molecule has 12 heteroatoms. The summed E-state index contributed by atoms with van der Waals surface area (Å²) in [6, 6.07) is 14.1. The third-order valence-electron chi connectivity index (χ3n) is 7.99. The first-order valence-corrected chi connectivity index (χ1v) is 15.9. The van der Waals surface area contributed by atoms with E-state index in [0.717, 1.165) is 18.4 Å². The highest BCUT2D eigenvalue weighted by molar-refractivity contribution is 7.89. The van der Waals surface area contributed by atoms with Crippen molar-refractivity contribution in [3.63, 3.8) is 0 Å². The van der Waals surface area contributed by atoms with Gasteiger partial charge in [0, 0.05) is 13.1 Å². The molecule has 0 radical (unpaired) electrons. The Balaban J connectivity index is 1.53. The fourth-order valence-electron chi connectivity index (χ4n) is 5.22. The summed E-state index contributed by atoms with van der Waals surface area (Å²) in [6.07, 6.45) is -2.26. The standard InChI is InChI=1S/C30H42N2O9S/c1-3-20(2)16-32(42(37,38)23-11-9-22(10-12-23)27(35)18-33)17-26(34)25(15-21-7-5-4-6-8-21)31-30(36)41-28-19-40-29-24(28)13-14-39-29/h4-12,20,24-29,33-35H,3,13-19H2,1-2H3,(H,31,36)/t20-,24-,25-,26+,27-,28-,29+/m0/s1. The first kappa shape index (κ1) is 32.3. The third kappa shape index (κ3) is 8.07. The van der Waals surface area contributed by atoms with Gasteiger partial charge in [0.05, 0.1) is 42.8 Å². The molecular formula is C30H42N2O9S. The molecule has 2 heterocycles. The lowest BCUT2D eigenvalue weighted by molar-refractivity contribution is -0.0907. The van der Waals surface area contributed by atoms with Gasteiger partial charge in [0.25, 0.3) is 0 Å². The summed E-state index contributed by atoms with van der Waals surface area (Å²) in [7, 11) is -4.06. The van der Waals surface area contributed by atoms with E-state index in [-0.39, 0.29) is 49.1 Å². The van der Waals surface area contributed by atoms with Crippen molar-refractivity contribution in [3.05, 3.63) is 65.7 Å². The minimum absolute atomic E-state index is 0.00287. The number of hydrogen-bond donors (Lipinski definition) is 4. The van der Waals surface area contributed by atoms with E-state index in [1.807, 2.05) is 44.2 Å². The normalized spacial score (nSPS) is 23.2. The number of benzene rings is 2. The van der Waals surface area contributed by atoms with Gasteiger partial charge in [-0.25, -0.2) is 13.2 Å². The lowest BCUT2D eigenvalue weighted by Crippen LogP contribution is -2.51. The molecule has 11 nitrogen and oxygen atoms in total. The number of aliphatic hydroxyl groups excluding tert-OH is 3. The maximum atomic E-state index is 13.8. The molecule has 2 aromatic carbocycles. The number of nitrogens with zero attached hydrogens (tertiary/aromatic N) is 1. The largest absolute Gasteiger partial charge is 0.443 e. The summed E-state index contributed by atoms with van der Waals surface area (Å²) < 4.78 is 45.5. The van der Waals surface area contributed by atoms with Crippen LogP contribution in [0.25, 0.3) is 0 Å². The predicted octanol–water partition coefficient (Wildman–Crippen LogP) is 2.21. The van der Waals surface area contributed by atoms with E-state index in [9.17, 15) is 28.5 Å². The number of hydrogen-bond acceptors (Lipinski definition) is 9. The number of carbonyl (C=O) groups is 1. The number of rotatable bonds is 14. The van der Waals surface area contributed by atoms with Crippen molar-refractivity contribution < 1.29 is 42.7 Å². The zero-order chi connectivity index (χ0) is 30.3. The first-order chi connectivity index (χ1) is 20.1. The maximum absolute atomic E-state index is 13.8. The number of fused-ring (bicyclic) bond motifs is 1. The SMILES string of the molecule is CC[C@H](C)CN(C[C@@H](O)[C@H](Cc1ccccc1)NC(=O)O[C@H]1CO[C@H]2OCC[C@H]21)S(=O)(=O)c1ccc([C@@H](O)CO)cc1. The Bertz CT molecular complexity index is 1250. The van der Waals surface area contributed by atoms with Crippen LogP contribution in [0.3, 0.4) is 0 Å². The van der Waals surface area contributed by atoms with Crippen LogP contribution < -0.4 is 5.32 Å². The second kappa shape index (κ2) is 14.7. The fraction of sp³-hybridized carbons (Fsp3) is 0.567. The highest BCUT2D eigenvalue weighted by atomic mass is 32.2. The summed E-state index contributed by atoms with van der Waals surface area (Å²) in [5.74, 6) is -0.0498. The van der Waals surface area contributed by atoms with Gasteiger partial charge in [-0.2, -0.15) is 4.31 Å². The Morgan fingerprint density at radius 1 is 1.10 bits per heavy atom. The molecule has 4 rings (SSSR count). The number of nitrogens with one attached hydrogen (secondary N) is 1. The number of amides is 1. The maximum Gasteiger partial charge on any atom is 0.407 e. The molecule has 4 N–H and O–H groups in total. The molecule has 2 saturated heterocycles. The predicted molar refractivity (Wildman–Crippen MR) is 154 cm³/mol. The Hall–Kier alpha value is -2.58. The molecule has 2 aliphatic rings. The van der Waals surface area contributed by atoms with Crippen LogP contribution in [0, 0.1) is 11.8 Å². The van der Waals surface area contributed by atoms with Crippen LogP contribution in [0.2, 0.25) is 0 Å². The van der Waals surface area contributed by atoms with E-state index in [4.69, 9.17) is 14.2 Å². The Morgan fingerprint density at radius 3 is 2.48 bits per heavy atom. The van der Waals surface area contributed by atoms with E-state index in [1.54, 1.807) is 0 Å². The summed E-state index contributed by atoms with van der Waals surface area (Å²) in [4.78, 5) is 13.0. The van der Waals surface area contributed by atoms with Crippen LogP contribution in [-0.4, -0.2) is 91.6 Å². The Morgan fingerprint density at radius 2 is 1.81 bits per heavy atom. The van der Waals surface area contributed by atoms with E-state index < -0.39 is 47.1 Å². The summed E-state index contributed by atoms with van der Waals surface area (Å²) in [5, 5.41) is 33.4. The van der Waals surface area contributed by atoms with Crippen LogP contribution in [0.15, 0.2) is 59.5 Å². The molecule has 0 unspecified atom stereocenters. The van der Waals surface area contributed by atoms with Crippen LogP contribution in [0.4, 0.5) is 4.79 Å². The van der Waals surface area contributed by atoms with Crippen molar-refractivity contribution in [1.29, 1.82) is 0 Å². The van der Waals surface area contributed by atoms with Crippen molar-refractivity contribution in [2.75, 3.05) is 32.9 Å². The molecule has 2 aliphatic heterocycles. The highest BCUT2D eigenvalue weighted by Crippen LogP contribution is 2.33. The van der Waals surface area contributed by atoms with Crippen molar-refractivity contribution in [2.24, 2.45) is 11.8 Å². The smallest absolute Gasteiger partial charge is 0.407 e. The zero-order valence-electron chi connectivity index (χ0n) is 24.0. The van der Waals surface area contributed by atoms with Gasteiger partial charge in [0.2, 0.25) is 10.0 Å². The van der Waals surface area contributed by atoms with Gasteiger partial charge in [-0.05, 0) is 42.0 Å².